The van der Waals surface area contributed by atoms with Crippen LogP contribution in [0.4, 0.5) is 0 Å². The van der Waals surface area contributed by atoms with E-state index in [0.717, 1.165) is 18.7 Å². The van der Waals surface area contributed by atoms with E-state index in [2.05, 4.69) is 36.7 Å². The van der Waals surface area contributed by atoms with Crippen molar-refractivity contribution in [2.24, 2.45) is 10.2 Å². The summed E-state index contributed by atoms with van der Waals surface area (Å²) in [4.78, 5) is 4.01. The highest BCUT2D eigenvalue weighted by Gasteiger charge is 2.08. The van der Waals surface area contributed by atoms with E-state index in [1.807, 2.05) is 32.9 Å². The summed E-state index contributed by atoms with van der Waals surface area (Å²) in [6.07, 6.45) is 3.38. The van der Waals surface area contributed by atoms with Gasteiger partial charge in [-0.3, -0.25) is 15.8 Å². The van der Waals surface area contributed by atoms with Gasteiger partial charge in [0.1, 0.15) is 5.71 Å². The Morgan fingerprint density at radius 3 is 2.04 bits per heavy atom. The van der Waals surface area contributed by atoms with Crippen LogP contribution >= 0.6 is 24.4 Å². The van der Waals surface area contributed by atoms with Gasteiger partial charge in [-0.25, -0.2) is 0 Å². The molecule has 0 aromatic carbocycles. The van der Waals surface area contributed by atoms with Gasteiger partial charge in [0.25, 0.3) is 0 Å². The number of pyridine rings is 1. The van der Waals surface area contributed by atoms with Crippen molar-refractivity contribution in [1.82, 2.24) is 26.5 Å². The van der Waals surface area contributed by atoms with Crippen LogP contribution in [0.25, 0.3) is 0 Å². The summed E-state index contributed by atoms with van der Waals surface area (Å²) < 4.78 is 0. The van der Waals surface area contributed by atoms with Gasteiger partial charge >= 0.3 is 0 Å². The fourth-order valence-electron chi connectivity index (χ4n) is 1.56. The van der Waals surface area contributed by atoms with E-state index >= 15 is 0 Å². The zero-order valence-corrected chi connectivity index (χ0v) is 15.0. The van der Waals surface area contributed by atoms with Gasteiger partial charge in [0, 0.05) is 31.0 Å². The molecule has 0 amide bonds. The van der Waals surface area contributed by atoms with Gasteiger partial charge in [0.2, 0.25) is 0 Å². The Morgan fingerprint density at radius 2 is 1.52 bits per heavy atom. The lowest BCUT2D eigenvalue weighted by molar-refractivity contribution is 0.897. The summed E-state index contributed by atoms with van der Waals surface area (Å²) in [5.74, 6) is 0. The molecule has 9 heteroatoms. The Labute approximate surface area is 147 Å². The fourth-order valence-corrected chi connectivity index (χ4v) is 1.94. The number of hydrogen-bond acceptors (Lipinski definition) is 5. The van der Waals surface area contributed by atoms with Crippen LogP contribution in [0.2, 0.25) is 0 Å². The van der Waals surface area contributed by atoms with Crippen LogP contribution in [-0.4, -0.2) is 39.7 Å². The van der Waals surface area contributed by atoms with Gasteiger partial charge in [-0.2, -0.15) is 10.2 Å². The van der Waals surface area contributed by atoms with Gasteiger partial charge in [0.05, 0.1) is 5.71 Å². The molecule has 0 fully saturated rings. The van der Waals surface area contributed by atoms with Crippen LogP contribution in [-0.2, 0) is 0 Å². The van der Waals surface area contributed by atoms with E-state index in [9.17, 15) is 0 Å². The molecule has 0 aliphatic heterocycles. The molecule has 0 spiro atoms. The van der Waals surface area contributed by atoms with Gasteiger partial charge < -0.3 is 10.6 Å². The zero-order valence-electron chi connectivity index (χ0n) is 13.4. The molecule has 1 heterocycles. The van der Waals surface area contributed by atoms with E-state index in [0.29, 0.717) is 21.6 Å². The minimum Gasteiger partial charge on any atom is -0.362 e. The molecule has 1 aromatic rings. The van der Waals surface area contributed by atoms with E-state index in [1.54, 1.807) is 12.4 Å². The first kappa shape index (κ1) is 18.9. The first-order chi connectivity index (χ1) is 11.1. The van der Waals surface area contributed by atoms with Crippen molar-refractivity contribution in [2.75, 3.05) is 13.1 Å². The molecular formula is C14H21N7S2. The van der Waals surface area contributed by atoms with Crippen LogP contribution in [0.5, 0.6) is 0 Å². The molecule has 0 unspecified atom stereocenters. The number of thiocarbonyl (C=S) groups is 2. The van der Waals surface area contributed by atoms with Gasteiger partial charge in [-0.05, 0) is 57.3 Å². The average Bonchev–Trinajstić information content (AvgIpc) is 2.54. The first-order valence-corrected chi connectivity index (χ1v) is 8.00. The Bertz CT molecular complexity index is 584. The summed E-state index contributed by atoms with van der Waals surface area (Å²) in [5, 5.41) is 15.4. The Hall–Kier alpha value is -2.13. The molecule has 0 atom stereocenters. The molecular weight excluding hydrogens is 330 g/mol. The molecule has 0 aliphatic rings. The second kappa shape index (κ2) is 10.6. The summed E-state index contributed by atoms with van der Waals surface area (Å²) >= 11 is 10.2. The van der Waals surface area contributed by atoms with Gasteiger partial charge in [-0.1, -0.05) is 0 Å². The van der Waals surface area contributed by atoms with Crippen molar-refractivity contribution in [3.8, 4) is 0 Å². The predicted molar refractivity (Wildman–Crippen MR) is 103 cm³/mol. The van der Waals surface area contributed by atoms with E-state index in [1.165, 1.54) is 0 Å². The molecule has 0 bridgehead atoms. The summed E-state index contributed by atoms with van der Waals surface area (Å²) in [7, 11) is 0. The maximum atomic E-state index is 5.12. The summed E-state index contributed by atoms with van der Waals surface area (Å²) in [5.41, 5.74) is 7.75. The highest BCUT2D eigenvalue weighted by atomic mass is 32.1. The summed E-state index contributed by atoms with van der Waals surface area (Å²) in [6, 6.07) is 3.69. The summed E-state index contributed by atoms with van der Waals surface area (Å²) in [6.45, 7) is 7.19. The Kier molecular flexibility index (Phi) is 8.70. The molecule has 0 saturated carbocycles. The van der Waals surface area contributed by atoms with Crippen molar-refractivity contribution in [2.45, 2.75) is 20.8 Å². The average molecular weight is 352 g/mol. The smallest absolute Gasteiger partial charge is 0.186 e. The van der Waals surface area contributed by atoms with Crippen molar-refractivity contribution in [3.63, 3.8) is 0 Å². The molecule has 1 rings (SSSR count). The molecule has 124 valence electrons. The maximum Gasteiger partial charge on any atom is 0.186 e. The molecule has 1 aromatic heterocycles. The zero-order chi connectivity index (χ0) is 17.1. The highest BCUT2D eigenvalue weighted by molar-refractivity contribution is 7.80. The van der Waals surface area contributed by atoms with Crippen molar-refractivity contribution < 1.29 is 0 Å². The second-order valence-corrected chi connectivity index (χ2v) is 5.15. The normalized spacial score (nSPS) is 11.6. The Morgan fingerprint density at radius 1 is 1.00 bits per heavy atom. The maximum absolute atomic E-state index is 5.12. The van der Waals surface area contributed by atoms with E-state index in [-0.39, 0.29) is 0 Å². The standard InChI is InChI=1S/C14H21N7S2/c1-4-16-13(22)20-18-10(3)12(11-6-8-15-9-7-11)19-21-14(23)17-5-2/h6-9H,4-5H2,1-3H3,(H2,16,20,22)(H2,17,21,23). The lowest BCUT2D eigenvalue weighted by atomic mass is 10.1. The van der Waals surface area contributed by atoms with Crippen molar-refractivity contribution in [3.05, 3.63) is 30.1 Å². The van der Waals surface area contributed by atoms with Crippen molar-refractivity contribution in [1.29, 1.82) is 0 Å². The third kappa shape index (κ3) is 7.11. The highest BCUT2D eigenvalue weighted by Crippen LogP contribution is 2.01. The number of nitrogens with zero attached hydrogens (tertiary/aromatic N) is 3. The van der Waals surface area contributed by atoms with Crippen LogP contribution in [0.3, 0.4) is 0 Å². The molecule has 0 radical (unpaired) electrons. The lowest BCUT2D eigenvalue weighted by Gasteiger charge is -2.10. The van der Waals surface area contributed by atoms with Crippen LogP contribution in [0, 0.1) is 0 Å². The fraction of sp³-hybridized carbons (Fsp3) is 0.357. The third-order valence-corrected chi connectivity index (χ3v) is 3.04. The minimum atomic E-state index is 0.447. The monoisotopic (exact) mass is 351 g/mol. The third-order valence-electron chi connectivity index (χ3n) is 2.57. The van der Waals surface area contributed by atoms with Gasteiger partial charge in [0.15, 0.2) is 10.2 Å². The van der Waals surface area contributed by atoms with Gasteiger partial charge in [-0.15, -0.1) is 0 Å². The number of hydrogen-bond donors (Lipinski definition) is 4. The number of aromatic nitrogens is 1. The Balaban J connectivity index is 2.95. The largest absolute Gasteiger partial charge is 0.362 e. The number of hydrazone groups is 2. The van der Waals surface area contributed by atoms with Crippen LogP contribution in [0.1, 0.15) is 26.3 Å². The van der Waals surface area contributed by atoms with E-state index in [4.69, 9.17) is 24.4 Å². The SMILES string of the molecule is CCNC(=S)NN=C(C)C(=NNC(=S)NCC)c1ccncc1. The topological polar surface area (TPSA) is 85.7 Å². The lowest BCUT2D eigenvalue weighted by Crippen LogP contribution is -2.34. The predicted octanol–water partition coefficient (Wildman–Crippen LogP) is 1.13. The van der Waals surface area contributed by atoms with Crippen LogP contribution < -0.4 is 21.5 Å². The molecule has 23 heavy (non-hydrogen) atoms. The minimum absolute atomic E-state index is 0.447. The quantitative estimate of drug-likeness (QED) is 0.347. The molecule has 4 N–H and O–H groups in total. The first-order valence-electron chi connectivity index (χ1n) is 7.18. The van der Waals surface area contributed by atoms with E-state index < -0.39 is 0 Å². The molecule has 0 aliphatic carbocycles. The number of rotatable bonds is 6. The molecule has 7 nitrogen and oxygen atoms in total. The van der Waals surface area contributed by atoms with Crippen molar-refractivity contribution >= 4 is 46.1 Å². The molecule has 0 saturated heterocycles. The second-order valence-electron chi connectivity index (χ2n) is 4.34. The van der Waals surface area contributed by atoms with Crippen LogP contribution in [0.15, 0.2) is 34.7 Å². The number of nitrogens with one attached hydrogen (secondary N) is 4.